The molecule has 6 rings (SSSR count). The molecule has 0 spiro atoms. The number of nitrogens with zero attached hydrogens (tertiary/aromatic N) is 5. The molecule has 5 heterocycles. The number of morpholine rings is 1. The summed E-state index contributed by atoms with van der Waals surface area (Å²) in [5, 5.41) is 4.34. The fourth-order valence-electron chi connectivity index (χ4n) is 5.10. The lowest BCUT2D eigenvalue weighted by molar-refractivity contribution is 0.122. The highest BCUT2D eigenvalue weighted by atomic mass is 32.2. The van der Waals surface area contributed by atoms with Gasteiger partial charge in [-0.1, -0.05) is 19.1 Å². The molecular formula is C25H30N6OS. The number of aromatic nitrogens is 3. The Morgan fingerprint density at radius 3 is 2.73 bits per heavy atom. The molecule has 1 aromatic carbocycles. The van der Waals surface area contributed by atoms with Crippen molar-refractivity contribution in [2.24, 2.45) is 0 Å². The zero-order valence-electron chi connectivity index (χ0n) is 19.0. The molecule has 0 saturated carbocycles. The van der Waals surface area contributed by atoms with Crippen LogP contribution < -0.4 is 15.1 Å². The Morgan fingerprint density at radius 1 is 1.09 bits per heavy atom. The molecular weight excluding hydrogens is 432 g/mol. The molecule has 3 aromatic rings. The monoisotopic (exact) mass is 462 g/mol. The molecule has 0 radical (unpaired) electrons. The summed E-state index contributed by atoms with van der Waals surface area (Å²) in [4.78, 5) is 19.3. The van der Waals surface area contributed by atoms with Gasteiger partial charge in [0.25, 0.3) is 0 Å². The predicted octanol–water partition coefficient (Wildman–Crippen LogP) is 3.20. The summed E-state index contributed by atoms with van der Waals surface area (Å²) in [6, 6.07) is 10.8. The first-order chi connectivity index (χ1) is 16.3. The summed E-state index contributed by atoms with van der Waals surface area (Å²) in [6.07, 6.45) is 4.74. The van der Waals surface area contributed by atoms with Crippen LogP contribution in [0.5, 0.6) is 0 Å². The first-order valence-electron chi connectivity index (χ1n) is 11.9. The van der Waals surface area contributed by atoms with E-state index >= 15 is 0 Å². The Labute approximate surface area is 198 Å². The van der Waals surface area contributed by atoms with E-state index < -0.39 is 0 Å². The van der Waals surface area contributed by atoms with Crippen LogP contribution >= 0.6 is 11.8 Å². The molecule has 3 saturated heterocycles. The highest BCUT2D eigenvalue weighted by Gasteiger charge is 2.58. The molecule has 2 atom stereocenters. The molecule has 0 aliphatic carbocycles. The van der Waals surface area contributed by atoms with Crippen molar-refractivity contribution in [2.45, 2.75) is 23.3 Å². The standard InChI is InChI=1S/C25H30N6OS/c1-2-26-16-25-17-31(10-7-22(25)33-25)24-23-21(27-8-9-28-23)15-20(29-24)18-3-5-19(6-4-18)30-11-13-32-14-12-30/h3-6,8-9,15,22,26H,2,7,10-14,16-17H2,1H3. The smallest absolute Gasteiger partial charge is 0.157 e. The number of nitrogens with one attached hydrogen (secondary N) is 1. The number of benzene rings is 1. The minimum Gasteiger partial charge on any atom is -0.378 e. The summed E-state index contributed by atoms with van der Waals surface area (Å²) in [5.41, 5.74) is 5.10. The Hall–Kier alpha value is -2.42. The van der Waals surface area contributed by atoms with Crippen LogP contribution in [0.1, 0.15) is 13.3 Å². The Kier molecular flexibility index (Phi) is 5.60. The number of pyridine rings is 1. The third kappa shape index (κ3) is 4.05. The molecule has 2 unspecified atom stereocenters. The van der Waals surface area contributed by atoms with Gasteiger partial charge in [0.15, 0.2) is 5.82 Å². The van der Waals surface area contributed by atoms with Crippen LogP contribution in [-0.2, 0) is 4.74 Å². The van der Waals surface area contributed by atoms with Crippen molar-refractivity contribution < 1.29 is 4.74 Å². The van der Waals surface area contributed by atoms with Gasteiger partial charge in [0.1, 0.15) is 5.52 Å². The quantitative estimate of drug-likeness (QED) is 0.561. The largest absolute Gasteiger partial charge is 0.378 e. The van der Waals surface area contributed by atoms with E-state index in [-0.39, 0.29) is 0 Å². The molecule has 3 fully saturated rings. The molecule has 1 N–H and O–H groups in total. The van der Waals surface area contributed by atoms with Crippen molar-refractivity contribution in [3.63, 3.8) is 0 Å². The van der Waals surface area contributed by atoms with E-state index in [1.54, 1.807) is 12.4 Å². The van der Waals surface area contributed by atoms with E-state index in [4.69, 9.17) is 9.72 Å². The van der Waals surface area contributed by atoms with Crippen LogP contribution in [0, 0.1) is 0 Å². The zero-order chi connectivity index (χ0) is 22.3. The van der Waals surface area contributed by atoms with Gasteiger partial charge < -0.3 is 19.9 Å². The zero-order valence-corrected chi connectivity index (χ0v) is 19.9. The van der Waals surface area contributed by atoms with Gasteiger partial charge in [-0.25, -0.2) is 9.97 Å². The highest BCUT2D eigenvalue weighted by molar-refractivity contribution is 8.08. The van der Waals surface area contributed by atoms with Crippen molar-refractivity contribution in [3.8, 4) is 11.3 Å². The maximum atomic E-state index is 5.49. The van der Waals surface area contributed by atoms with Crippen LogP contribution in [0.25, 0.3) is 22.3 Å². The number of ether oxygens (including phenoxy) is 1. The number of hydrogen-bond donors (Lipinski definition) is 1. The lowest BCUT2D eigenvalue weighted by atomic mass is 9.97. The Morgan fingerprint density at radius 2 is 1.91 bits per heavy atom. The van der Waals surface area contributed by atoms with E-state index in [2.05, 4.69) is 74.1 Å². The van der Waals surface area contributed by atoms with E-state index in [1.807, 2.05) is 0 Å². The number of fused-ring (bicyclic) bond motifs is 2. The number of rotatable bonds is 6. The first kappa shape index (κ1) is 21.1. The van der Waals surface area contributed by atoms with Crippen molar-refractivity contribution in [3.05, 3.63) is 42.7 Å². The predicted molar refractivity (Wildman–Crippen MR) is 135 cm³/mol. The number of piperidine rings is 1. The molecule has 33 heavy (non-hydrogen) atoms. The van der Waals surface area contributed by atoms with Gasteiger partial charge in [-0.3, -0.25) is 4.98 Å². The highest BCUT2D eigenvalue weighted by Crippen LogP contribution is 2.58. The lowest BCUT2D eigenvalue weighted by Gasteiger charge is -2.33. The second-order valence-electron chi connectivity index (χ2n) is 9.06. The second-order valence-corrected chi connectivity index (χ2v) is 10.7. The molecule has 3 aliphatic rings. The maximum absolute atomic E-state index is 5.49. The number of anilines is 2. The van der Waals surface area contributed by atoms with Crippen LogP contribution in [-0.4, -0.2) is 77.4 Å². The van der Waals surface area contributed by atoms with Gasteiger partial charge in [-0.05, 0) is 31.2 Å². The van der Waals surface area contributed by atoms with Gasteiger partial charge in [0.05, 0.1) is 29.2 Å². The van der Waals surface area contributed by atoms with Gasteiger partial charge in [0.2, 0.25) is 0 Å². The van der Waals surface area contributed by atoms with E-state index in [0.29, 0.717) is 4.75 Å². The SMILES string of the molecule is CCNCC12CN(c3nc(-c4ccc(N5CCOCC5)cc4)cc4nccnc34)CCC1S2. The number of hydrogen-bond acceptors (Lipinski definition) is 8. The third-order valence-electron chi connectivity index (χ3n) is 6.98. The molecule has 0 amide bonds. The van der Waals surface area contributed by atoms with E-state index in [1.165, 1.54) is 12.1 Å². The second kappa shape index (κ2) is 8.74. The molecule has 2 aromatic heterocycles. The van der Waals surface area contributed by atoms with E-state index in [9.17, 15) is 0 Å². The summed E-state index contributed by atoms with van der Waals surface area (Å²) in [5.74, 6) is 0.967. The summed E-state index contributed by atoms with van der Waals surface area (Å²) in [7, 11) is 0. The minimum atomic E-state index is 0.306. The van der Waals surface area contributed by atoms with Crippen molar-refractivity contribution in [1.82, 2.24) is 20.3 Å². The van der Waals surface area contributed by atoms with Crippen LogP contribution in [0.15, 0.2) is 42.7 Å². The van der Waals surface area contributed by atoms with Crippen molar-refractivity contribution >= 4 is 34.3 Å². The van der Waals surface area contributed by atoms with Crippen LogP contribution in [0.4, 0.5) is 11.5 Å². The molecule has 172 valence electrons. The first-order valence-corrected chi connectivity index (χ1v) is 12.8. The maximum Gasteiger partial charge on any atom is 0.157 e. The normalized spacial score (nSPS) is 24.7. The van der Waals surface area contributed by atoms with Crippen molar-refractivity contribution in [2.75, 3.05) is 62.3 Å². The summed E-state index contributed by atoms with van der Waals surface area (Å²) >= 11 is 2.12. The molecule has 3 aliphatic heterocycles. The van der Waals surface area contributed by atoms with Crippen LogP contribution in [0.2, 0.25) is 0 Å². The Balaban J connectivity index is 1.33. The molecule has 8 heteroatoms. The minimum absolute atomic E-state index is 0.306. The number of thioether (sulfide) groups is 1. The third-order valence-corrected chi connectivity index (χ3v) is 8.72. The van der Waals surface area contributed by atoms with Gasteiger partial charge in [-0.2, -0.15) is 0 Å². The lowest BCUT2D eigenvalue weighted by Crippen LogP contribution is -2.47. The van der Waals surface area contributed by atoms with E-state index in [0.717, 1.165) is 85.8 Å². The topological polar surface area (TPSA) is 66.4 Å². The van der Waals surface area contributed by atoms with Crippen molar-refractivity contribution in [1.29, 1.82) is 0 Å². The average molecular weight is 463 g/mol. The van der Waals surface area contributed by atoms with Gasteiger partial charge in [0, 0.05) is 61.6 Å². The molecule has 7 nitrogen and oxygen atoms in total. The summed E-state index contributed by atoms with van der Waals surface area (Å²) in [6.45, 7) is 9.74. The fourth-order valence-corrected chi connectivity index (χ4v) is 6.52. The summed E-state index contributed by atoms with van der Waals surface area (Å²) < 4.78 is 5.80. The van der Waals surface area contributed by atoms with Crippen LogP contribution in [0.3, 0.4) is 0 Å². The molecule has 0 bridgehead atoms. The van der Waals surface area contributed by atoms with Gasteiger partial charge >= 0.3 is 0 Å². The van der Waals surface area contributed by atoms with Gasteiger partial charge in [-0.15, -0.1) is 11.8 Å². The fraction of sp³-hybridized carbons (Fsp3) is 0.480. The Bertz CT molecular complexity index is 1140. The average Bonchev–Trinajstić information content (AvgIpc) is 3.61.